The third-order valence-electron chi connectivity index (χ3n) is 13.1. The first-order chi connectivity index (χ1) is 38.4. The number of amides is 8. The number of hydrogen-bond acceptors (Lipinski definition) is 15. The van der Waals surface area contributed by atoms with Crippen LogP contribution in [0.3, 0.4) is 0 Å². The highest BCUT2D eigenvalue weighted by Gasteiger charge is 2.37. The molecule has 10 atom stereocenters. The quantitative estimate of drug-likeness (QED) is 0.0402. The monoisotopic (exact) mass is 1200 g/mol. The van der Waals surface area contributed by atoms with E-state index in [1.165, 1.54) is 32.3 Å². The Morgan fingerprint density at radius 3 is 2.02 bits per heavy atom. The summed E-state index contributed by atoms with van der Waals surface area (Å²) >= 11 is 3.32. The maximum absolute atomic E-state index is 15.0. The van der Waals surface area contributed by atoms with Crippen molar-refractivity contribution >= 4 is 95.7 Å². The van der Waals surface area contributed by atoms with Crippen LogP contribution in [0.4, 0.5) is 0 Å². The van der Waals surface area contributed by atoms with Gasteiger partial charge < -0.3 is 68.6 Å². The number of rotatable bonds is 19. The van der Waals surface area contributed by atoms with E-state index < -0.39 is 114 Å². The zero-order valence-electron chi connectivity index (χ0n) is 44.1. The number of nitrogens with two attached hydrogens (primary N) is 1. The summed E-state index contributed by atoms with van der Waals surface area (Å²) in [5, 5.41) is 53.6. The lowest BCUT2D eigenvalue weighted by molar-refractivity contribution is -0.136. The molecule has 3 aromatic carbocycles. The Labute approximate surface area is 479 Å². The fraction of sp³-hybridized carbons (Fsp3) is 0.400. The number of para-hydroxylation sites is 1. The van der Waals surface area contributed by atoms with Crippen LogP contribution in [-0.4, -0.2) is 158 Å². The molecule has 0 bridgehead atoms. The van der Waals surface area contributed by atoms with E-state index in [4.69, 9.17) is 5.73 Å². The second-order valence-electron chi connectivity index (χ2n) is 19.3. The van der Waals surface area contributed by atoms with E-state index in [0.29, 0.717) is 34.0 Å². The maximum atomic E-state index is 15.0. The molecule has 0 aliphatic carbocycles. The lowest BCUT2D eigenvalue weighted by Crippen LogP contribution is -2.62. The highest BCUT2D eigenvalue weighted by atomic mass is 75.9. The van der Waals surface area contributed by atoms with Gasteiger partial charge in [0.1, 0.15) is 42.3 Å². The predicted molar refractivity (Wildman–Crippen MR) is 307 cm³/mol. The third-order valence-corrected chi connectivity index (χ3v) is 15.9. The topological polar surface area (TPSA) is 348 Å². The first kappa shape index (κ1) is 62.3. The van der Waals surface area contributed by atoms with Crippen molar-refractivity contribution in [2.24, 2.45) is 5.73 Å². The van der Waals surface area contributed by atoms with Gasteiger partial charge in [0.05, 0.1) is 30.4 Å². The number of H-pyrrole nitrogens is 1. The maximum Gasteiger partial charge on any atom is 0.253 e. The Bertz CT molecular complexity index is 2900. The zero-order valence-corrected chi connectivity index (χ0v) is 47.3. The minimum Gasteiger partial charge on any atom is -0.394 e. The molecule has 0 saturated carbocycles. The molecular formula is C55H68BrN11O11S2. The molecule has 14 N–H and O–H groups in total. The van der Waals surface area contributed by atoms with Crippen LogP contribution in [0.5, 0.6) is 0 Å². The summed E-state index contributed by atoms with van der Waals surface area (Å²) < 4.78 is 0.509. The van der Waals surface area contributed by atoms with Crippen LogP contribution in [0.1, 0.15) is 60.2 Å². The molecule has 8 amide bonds. The second-order valence-corrected chi connectivity index (χ2v) is 22.8. The first-order valence-electron chi connectivity index (χ1n) is 26.0. The van der Waals surface area contributed by atoms with E-state index in [1.54, 1.807) is 66.9 Å². The van der Waals surface area contributed by atoms with Crippen LogP contribution >= 0.6 is 37.5 Å². The standard InChI is InChI=1S/C55H68BrN11O11S2/c1-31(69)44(28-68)64-54(77)46-30-80-79-29-45(65-51(74)41(21-33-13-5-3-6-14-33)61-48(71)36-23-37(56)27-58-25-36)53(76)62-42(22-34-15-7-4-8-16-34)50(73)63-43(24-35-26-59-39-18-10-9-17-38(35)39)52(75)60-40(19-11-12-20-57)49(72)67-47(32(2)70)55(78)66-46/h3-10,13-18,23,25-27,31-32,40-47,59,68-70H,11-12,19-22,24,28-30,57H2,1-2H3,(H,60,75)(H,61,71)(H,62,76)(H,63,73)(H,64,77)(H,65,74)(H,66,78)(H,67,72)/t31-,32-,40+,41-,42+,43-,44-,45+,46+,47+/m1/s1/i56-4. The van der Waals surface area contributed by atoms with Crippen LogP contribution in [0.2, 0.25) is 0 Å². The molecule has 6 rings (SSSR count). The van der Waals surface area contributed by atoms with E-state index in [2.05, 4.69) is 68.4 Å². The van der Waals surface area contributed by atoms with Crippen molar-refractivity contribution in [3.05, 3.63) is 136 Å². The SMILES string of the molecule is C[C@@H](O)[C@@H]1NC(=O)[C@H](CCCCN)NC(=O)[C@@H](Cc2c[nH]c3ccccc23)NC(=O)[C@H](Cc2ccccc2)NC(=O)[C@@H](NC(=O)[C@@H](Cc2ccccc2)NC(=O)c2cncc([76Br])c2)CSSC[C@@H](C(=O)N[C@H](CO)[C@@H](C)O)NC1=O. The highest BCUT2D eigenvalue weighted by Crippen LogP contribution is 2.25. The predicted octanol–water partition coefficient (Wildman–Crippen LogP) is 0.823. The number of aliphatic hydroxyl groups is 3. The van der Waals surface area contributed by atoms with Gasteiger partial charge in [-0.05, 0) is 84.4 Å². The van der Waals surface area contributed by atoms with Gasteiger partial charge in [-0.15, -0.1) is 0 Å². The number of halogens is 1. The number of carbonyl (C=O) groups is 8. The molecule has 2 aromatic heterocycles. The fourth-order valence-corrected chi connectivity index (χ4v) is 11.3. The number of aliphatic hydroxyl groups excluding tert-OH is 3. The third kappa shape index (κ3) is 18.6. The Kier molecular flexibility index (Phi) is 24.3. The van der Waals surface area contributed by atoms with E-state index in [9.17, 15) is 53.7 Å². The molecule has 428 valence electrons. The Balaban J connectivity index is 1.42. The van der Waals surface area contributed by atoms with Crippen molar-refractivity contribution in [3.63, 3.8) is 0 Å². The summed E-state index contributed by atoms with van der Waals surface area (Å²) in [6, 6.07) is 15.2. The van der Waals surface area contributed by atoms with E-state index in [1.807, 2.05) is 24.3 Å². The van der Waals surface area contributed by atoms with Gasteiger partial charge in [0.25, 0.3) is 5.91 Å². The normalized spacial score (nSPS) is 21.5. The molecule has 3 heterocycles. The molecule has 0 radical (unpaired) electrons. The van der Waals surface area contributed by atoms with Crippen LogP contribution < -0.4 is 48.3 Å². The van der Waals surface area contributed by atoms with Crippen molar-refractivity contribution < 1.29 is 53.7 Å². The number of aromatic amines is 1. The largest absolute Gasteiger partial charge is 0.394 e. The number of hydrogen-bond donors (Lipinski definition) is 13. The lowest BCUT2D eigenvalue weighted by Gasteiger charge is -2.29. The molecule has 1 saturated heterocycles. The summed E-state index contributed by atoms with van der Waals surface area (Å²) in [4.78, 5) is 123. The van der Waals surface area contributed by atoms with Gasteiger partial charge >= 0.3 is 0 Å². The summed E-state index contributed by atoms with van der Waals surface area (Å²) in [5.41, 5.74) is 8.61. The van der Waals surface area contributed by atoms with Crippen molar-refractivity contribution in [1.29, 1.82) is 0 Å². The molecule has 1 aliphatic rings. The molecule has 0 unspecified atom stereocenters. The highest BCUT2D eigenvalue weighted by molar-refractivity contribution is 9.10. The Morgan fingerprint density at radius 2 is 1.36 bits per heavy atom. The molecule has 80 heavy (non-hydrogen) atoms. The first-order valence-corrected chi connectivity index (χ1v) is 29.3. The summed E-state index contributed by atoms with van der Waals surface area (Å²) in [6.07, 6.45) is 2.26. The van der Waals surface area contributed by atoms with E-state index >= 15 is 0 Å². The van der Waals surface area contributed by atoms with Crippen LogP contribution in [0.25, 0.3) is 10.9 Å². The summed E-state index contributed by atoms with van der Waals surface area (Å²) in [5.74, 6) is -7.15. The Hall–Kier alpha value is -6.87. The zero-order chi connectivity index (χ0) is 57.7. The van der Waals surface area contributed by atoms with Crippen molar-refractivity contribution in [2.45, 2.75) is 113 Å². The van der Waals surface area contributed by atoms with Gasteiger partial charge in [0.2, 0.25) is 41.4 Å². The van der Waals surface area contributed by atoms with E-state index in [0.717, 1.165) is 32.5 Å². The molecule has 5 aromatic rings. The molecule has 1 fully saturated rings. The molecular weight excluding hydrogens is 1130 g/mol. The van der Waals surface area contributed by atoms with Crippen LogP contribution in [0, 0.1) is 0 Å². The molecule has 25 heteroatoms. The number of unbranched alkanes of at least 4 members (excludes halogenated alkanes) is 1. The van der Waals surface area contributed by atoms with Crippen LogP contribution in [0.15, 0.2) is 114 Å². The number of aromatic nitrogens is 2. The smallest absolute Gasteiger partial charge is 0.253 e. The van der Waals surface area contributed by atoms with Gasteiger partial charge in [0, 0.05) is 64.7 Å². The van der Waals surface area contributed by atoms with Gasteiger partial charge in [-0.25, -0.2) is 0 Å². The van der Waals surface area contributed by atoms with Crippen molar-refractivity contribution in [2.75, 3.05) is 24.7 Å². The average molecular weight is 1200 g/mol. The van der Waals surface area contributed by atoms with Gasteiger partial charge in [0.15, 0.2) is 0 Å². The van der Waals surface area contributed by atoms with Gasteiger partial charge in [-0.3, -0.25) is 43.3 Å². The van der Waals surface area contributed by atoms with Crippen LogP contribution in [-0.2, 0) is 52.8 Å². The molecule has 1 aliphatic heterocycles. The number of pyridine rings is 1. The van der Waals surface area contributed by atoms with E-state index in [-0.39, 0.29) is 49.3 Å². The minimum atomic E-state index is -1.70. The molecule has 0 spiro atoms. The lowest BCUT2D eigenvalue weighted by atomic mass is 10.0. The number of fused-ring (bicyclic) bond motifs is 1. The number of benzene rings is 3. The number of nitrogens with one attached hydrogen (secondary N) is 9. The molecule has 22 nitrogen and oxygen atoms in total. The van der Waals surface area contributed by atoms with Gasteiger partial charge in [-0.1, -0.05) is 100 Å². The number of nitrogens with zero attached hydrogens (tertiary/aromatic N) is 1. The fourth-order valence-electron chi connectivity index (χ4n) is 8.60. The second kappa shape index (κ2) is 31.2. The van der Waals surface area contributed by atoms with Gasteiger partial charge in [-0.2, -0.15) is 0 Å². The van der Waals surface area contributed by atoms with Crippen molar-refractivity contribution in [3.8, 4) is 0 Å². The Morgan fingerprint density at radius 1 is 0.738 bits per heavy atom. The van der Waals surface area contributed by atoms with Crippen molar-refractivity contribution in [1.82, 2.24) is 52.5 Å². The average Bonchev–Trinajstić information content (AvgIpc) is 3.85. The number of carbonyl (C=O) groups excluding carboxylic acids is 8. The summed E-state index contributed by atoms with van der Waals surface area (Å²) in [7, 11) is 1.97. The summed E-state index contributed by atoms with van der Waals surface area (Å²) in [6.45, 7) is 2.15. The minimum absolute atomic E-state index is 0.00832.